The molecule has 0 rings (SSSR count). The van der Waals surface area contributed by atoms with E-state index >= 15 is 0 Å². The highest BCUT2D eigenvalue weighted by atomic mass is 32.7. The van der Waals surface area contributed by atoms with E-state index in [0.717, 1.165) is 32.1 Å². The SMILES string of the molecule is CCCCC/C=C\C/C=C\C/C=C\C/C=C\CCCC(=O)P(S)C(=O)C[N+](C)(C)C. The molecule has 0 amide bonds. The lowest BCUT2D eigenvalue weighted by atomic mass is 10.2. The Kier molecular flexibility index (Phi) is 18.2. The van der Waals surface area contributed by atoms with Gasteiger partial charge in [0.1, 0.15) is 6.54 Å². The van der Waals surface area contributed by atoms with Crippen molar-refractivity contribution in [1.29, 1.82) is 0 Å². The summed E-state index contributed by atoms with van der Waals surface area (Å²) in [5.41, 5.74) is -0.0220. The minimum absolute atomic E-state index is 0.00247. The molecule has 0 spiro atoms. The van der Waals surface area contributed by atoms with Crippen LogP contribution in [0, 0.1) is 0 Å². The van der Waals surface area contributed by atoms with Crippen molar-refractivity contribution in [2.24, 2.45) is 0 Å². The summed E-state index contributed by atoms with van der Waals surface area (Å²) in [7, 11) is 4.38. The van der Waals surface area contributed by atoms with Crippen LogP contribution < -0.4 is 0 Å². The van der Waals surface area contributed by atoms with Crippen LogP contribution in [0.3, 0.4) is 0 Å². The van der Waals surface area contributed by atoms with Crippen LogP contribution in [0.2, 0.25) is 0 Å². The molecule has 0 aliphatic carbocycles. The van der Waals surface area contributed by atoms with Crippen molar-refractivity contribution in [2.75, 3.05) is 27.7 Å². The van der Waals surface area contributed by atoms with Crippen molar-refractivity contribution in [2.45, 2.75) is 71.1 Å². The maximum atomic E-state index is 12.1. The van der Waals surface area contributed by atoms with Gasteiger partial charge in [-0.3, -0.25) is 9.59 Å². The molecule has 0 radical (unpaired) electrons. The van der Waals surface area contributed by atoms with Gasteiger partial charge in [-0.15, -0.1) is 12.2 Å². The highest BCUT2D eigenvalue weighted by Gasteiger charge is 2.26. The second kappa shape index (κ2) is 18.8. The third-order valence-corrected chi connectivity index (χ3v) is 6.95. The van der Waals surface area contributed by atoms with Crippen molar-refractivity contribution < 1.29 is 14.1 Å². The quantitative estimate of drug-likeness (QED) is 0.0783. The van der Waals surface area contributed by atoms with Gasteiger partial charge in [-0.05, 0) is 44.9 Å². The Morgan fingerprint density at radius 3 is 1.67 bits per heavy atom. The van der Waals surface area contributed by atoms with Gasteiger partial charge in [0, 0.05) is 6.42 Å². The van der Waals surface area contributed by atoms with Crippen molar-refractivity contribution in [3.05, 3.63) is 48.6 Å². The van der Waals surface area contributed by atoms with Crippen molar-refractivity contribution in [1.82, 2.24) is 0 Å². The number of likely N-dealkylation sites (N-methyl/N-ethyl adjacent to an activating group) is 1. The Hall–Kier alpha value is -0.960. The summed E-state index contributed by atoms with van der Waals surface area (Å²) in [6, 6.07) is 0. The van der Waals surface area contributed by atoms with E-state index in [1.54, 1.807) is 0 Å². The molecule has 1 atom stereocenters. The first-order chi connectivity index (χ1) is 14.3. The van der Waals surface area contributed by atoms with Crippen molar-refractivity contribution in [3.63, 3.8) is 0 Å². The summed E-state index contributed by atoms with van der Waals surface area (Å²) in [6.07, 6.45) is 27.7. The number of hydrogen-bond donors (Lipinski definition) is 1. The standard InChI is InChI=1S/C25H43NO2PS/c1-5-6-7-8-9-10-11-12-13-14-15-16-17-18-19-20-21-22-24(27)29(30)25(28)23-26(2,3)4/h9-10,12-13,15-16,18-19,30H,5-8,11,14,17,20-23H2,1-4H3/q+1/b10-9-,13-12-,16-15-,19-18-. The number of hydrogen-bond acceptors (Lipinski definition) is 3. The molecule has 0 aliphatic rings. The lowest BCUT2D eigenvalue weighted by molar-refractivity contribution is -0.861. The number of rotatable bonds is 18. The molecular weight excluding hydrogens is 409 g/mol. The van der Waals surface area contributed by atoms with Crippen LogP contribution in [0.25, 0.3) is 0 Å². The molecule has 0 saturated carbocycles. The van der Waals surface area contributed by atoms with E-state index in [1.165, 1.54) is 25.7 Å². The Balaban J connectivity index is 3.76. The predicted molar refractivity (Wildman–Crippen MR) is 137 cm³/mol. The molecule has 5 heteroatoms. The van der Waals surface area contributed by atoms with Gasteiger partial charge in [0.25, 0.3) is 0 Å². The Bertz CT molecular complexity index is 588. The maximum Gasteiger partial charge on any atom is 0.225 e. The average molecular weight is 453 g/mol. The van der Waals surface area contributed by atoms with E-state index in [-0.39, 0.29) is 11.0 Å². The summed E-state index contributed by atoms with van der Waals surface area (Å²) >= 11 is 4.29. The van der Waals surface area contributed by atoms with Crippen LogP contribution in [0.15, 0.2) is 48.6 Å². The van der Waals surface area contributed by atoms with Crippen LogP contribution in [0.1, 0.15) is 71.1 Å². The van der Waals surface area contributed by atoms with Gasteiger partial charge in [-0.2, -0.15) is 0 Å². The van der Waals surface area contributed by atoms with E-state index in [0.29, 0.717) is 17.4 Å². The number of unbranched alkanes of at least 4 members (excludes halogenated alkanes) is 4. The fraction of sp³-hybridized carbons (Fsp3) is 0.600. The second-order valence-corrected chi connectivity index (χ2v) is 11.3. The monoisotopic (exact) mass is 452 g/mol. The fourth-order valence-electron chi connectivity index (χ4n) is 2.65. The van der Waals surface area contributed by atoms with Crippen LogP contribution >= 0.6 is 19.4 Å². The third kappa shape index (κ3) is 19.0. The number of thiol groups is 1. The molecule has 170 valence electrons. The Labute approximate surface area is 191 Å². The number of quaternary nitrogens is 1. The van der Waals surface area contributed by atoms with Gasteiger partial charge >= 0.3 is 0 Å². The van der Waals surface area contributed by atoms with Gasteiger partial charge in [-0.25, -0.2) is 0 Å². The van der Waals surface area contributed by atoms with Gasteiger partial charge in [-0.1, -0.05) is 68.4 Å². The first-order valence-corrected chi connectivity index (χ1v) is 13.7. The minimum atomic E-state index is -1.46. The summed E-state index contributed by atoms with van der Waals surface area (Å²) in [5, 5.41) is 0. The topological polar surface area (TPSA) is 34.1 Å². The minimum Gasteiger partial charge on any atom is -0.324 e. The van der Waals surface area contributed by atoms with Gasteiger partial charge in [0.15, 0.2) is 5.52 Å². The van der Waals surface area contributed by atoms with Crippen LogP contribution in [0.4, 0.5) is 0 Å². The van der Waals surface area contributed by atoms with Crippen LogP contribution in [-0.4, -0.2) is 43.2 Å². The zero-order chi connectivity index (χ0) is 22.7. The molecule has 0 aliphatic heterocycles. The molecule has 0 aromatic carbocycles. The molecule has 0 aromatic heterocycles. The van der Waals surface area contributed by atoms with Crippen LogP contribution in [0.5, 0.6) is 0 Å². The molecule has 30 heavy (non-hydrogen) atoms. The van der Waals surface area contributed by atoms with Gasteiger partial charge in [0.05, 0.1) is 28.3 Å². The fourth-order valence-corrected chi connectivity index (χ4v) is 4.35. The van der Waals surface area contributed by atoms with E-state index < -0.39 is 7.12 Å². The van der Waals surface area contributed by atoms with Gasteiger partial charge < -0.3 is 4.48 Å². The summed E-state index contributed by atoms with van der Waals surface area (Å²) in [5.74, 6) is 0. The zero-order valence-corrected chi connectivity index (χ0v) is 21.3. The third-order valence-electron chi connectivity index (χ3n) is 4.30. The van der Waals surface area contributed by atoms with Gasteiger partial charge in [0.2, 0.25) is 5.52 Å². The van der Waals surface area contributed by atoms with E-state index in [4.69, 9.17) is 0 Å². The molecule has 1 unspecified atom stereocenters. The van der Waals surface area contributed by atoms with Crippen molar-refractivity contribution in [3.8, 4) is 0 Å². The number of nitrogens with zero attached hydrogens (tertiary/aromatic N) is 1. The zero-order valence-electron chi connectivity index (χ0n) is 19.6. The van der Waals surface area contributed by atoms with Crippen LogP contribution in [-0.2, 0) is 9.59 Å². The molecule has 0 aromatic rings. The molecule has 0 saturated heterocycles. The predicted octanol–water partition coefficient (Wildman–Crippen LogP) is 7.22. The van der Waals surface area contributed by atoms with E-state index in [1.807, 2.05) is 21.1 Å². The summed E-state index contributed by atoms with van der Waals surface area (Å²) in [6.45, 7) is 2.59. The number of carbonyl (C=O) groups excluding carboxylic acids is 2. The Morgan fingerprint density at radius 1 is 0.733 bits per heavy atom. The highest BCUT2D eigenvalue weighted by molar-refractivity contribution is 8.56. The van der Waals surface area contributed by atoms with E-state index in [2.05, 4.69) is 67.8 Å². The summed E-state index contributed by atoms with van der Waals surface area (Å²) < 4.78 is 0.535. The number of allylic oxidation sites excluding steroid dienone is 8. The Morgan fingerprint density at radius 2 is 1.20 bits per heavy atom. The maximum absolute atomic E-state index is 12.1. The second-order valence-electron chi connectivity index (χ2n) is 8.53. The van der Waals surface area contributed by atoms with Crippen molar-refractivity contribution >= 4 is 30.4 Å². The first-order valence-electron chi connectivity index (χ1n) is 11.2. The molecular formula is C25H43NO2PS+. The molecule has 0 bridgehead atoms. The lowest BCUT2D eigenvalue weighted by Gasteiger charge is -2.23. The van der Waals surface area contributed by atoms with E-state index in [9.17, 15) is 9.59 Å². The molecule has 0 heterocycles. The first kappa shape index (κ1) is 29.0. The summed E-state index contributed by atoms with van der Waals surface area (Å²) in [4.78, 5) is 24.2. The highest BCUT2D eigenvalue weighted by Crippen LogP contribution is 2.44. The molecule has 0 N–H and O–H groups in total. The molecule has 3 nitrogen and oxygen atoms in total. The molecule has 0 fully saturated rings. The number of carbonyl (C=O) groups is 2. The smallest absolute Gasteiger partial charge is 0.225 e. The normalized spacial score (nSPS) is 13.9. The largest absolute Gasteiger partial charge is 0.324 e. The average Bonchev–Trinajstić information content (AvgIpc) is 2.68. The lowest BCUT2D eigenvalue weighted by Crippen LogP contribution is -2.39.